The Kier molecular flexibility index (Phi) is 3.88. The Morgan fingerprint density at radius 2 is 2.29 bits per heavy atom. The van der Waals surface area contributed by atoms with Crippen LogP contribution in [0.3, 0.4) is 0 Å². The van der Waals surface area contributed by atoms with Crippen molar-refractivity contribution in [1.82, 2.24) is 20.3 Å². The molecule has 0 aliphatic carbocycles. The molecule has 0 aliphatic rings. The SMILES string of the molecule is CCC(CNC)c1ncc(-c2cccnc2)[nH]1. The summed E-state index contributed by atoms with van der Waals surface area (Å²) >= 11 is 0. The Morgan fingerprint density at radius 1 is 1.41 bits per heavy atom. The fourth-order valence-corrected chi connectivity index (χ4v) is 1.89. The largest absolute Gasteiger partial charge is 0.342 e. The molecule has 2 aromatic rings. The summed E-state index contributed by atoms with van der Waals surface area (Å²) in [6, 6.07) is 3.96. The first-order valence-electron chi connectivity index (χ1n) is 5.95. The van der Waals surface area contributed by atoms with Gasteiger partial charge < -0.3 is 10.3 Å². The Morgan fingerprint density at radius 3 is 2.94 bits per heavy atom. The molecular weight excluding hydrogens is 212 g/mol. The lowest BCUT2D eigenvalue weighted by Gasteiger charge is -2.10. The van der Waals surface area contributed by atoms with Gasteiger partial charge in [-0.1, -0.05) is 6.92 Å². The second kappa shape index (κ2) is 5.59. The predicted octanol–water partition coefficient (Wildman–Crippen LogP) is 2.18. The number of H-pyrrole nitrogens is 1. The maximum Gasteiger partial charge on any atom is 0.110 e. The highest BCUT2D eigenvalue weighted by atomic mass is 14.9. The number of aromatic amines is 1. The minimum absolute atomic E-state index is 0.436. The smallest absolute Gasteiger partial charge is 0.110 e. The third-order valence-corrected chi connectivity index (χ3v) is 2.90. The van der Waals surface area contributed by atoms with Gasteiger partial charge in [0, 0.05) is 30.4 Å². The van der Waals surface area contributed by atoms with E-state index in [4.69, 9.17) is 0 Å². The van der Waals surface area contributed by atoms with E-state index >= 15 is 0 Å². The van der Waals surface area contributed by atoms with Crippen LogP contribution in [-0.4, -0.2) is 28.5 Å². The highest BCUT2D eigenvalue weighted by Crippen LogP contribution is 2.20. The lowest BCUT2D eigenvalue weighted by atomic mass is 10.1. The molecule has 0 spiro atoms. The van der Waals surface area contributed by atoms with E-state index in [9.17, 15) is 0 Å². The van der Waals surface area contributed by atoms with E-state index in [1.165, 1.54) is 0 Å². The molecule has 0 saturated carbocycles. The van der Waals surface area contributed by atoms with Gasteiger partial charge in [0.1, 0.15) is 5.82 Å². The van der Waals surface area contributed by atoms with Gasteiger partial charge >= 0.3 is 0 Å². The summed E-state index contributed by atoms with van der Waals surface area (Å²) in [5, 5.41) is 3.19. The van der Waals surface area contributed by atoms with Gasteiger partial charge in [-0.25, -0.2) is 4.98 Å². The van der Waals surface area contributed by atoms with Gasteiger partial charge in [-0.2, -0.15) is 0 Å². The zero-order valence-corrected chi connectivity index (χ0v) is 10.3. The number of hydrogen-bond donors (Lipinski definition) is 2. The van der Waals surface area contributed by atoms with E-state index in [-0.39, 0.29) is 0 Å². The van der Waals surface area contributed by atoms with E-state index in [1.807, 2.05) is 31.6 Å². The van der Waals surface area contributed by atoms with Crippen LogP contribution in [0.1, 0.15) is 25.1 Å². The molecule has 0 bridgehead atoms. The third-order valence-electron chi connectivity index (χ3n) is 2.90. The minimum Gasteiger partial charge on any atom is -0.342 e. The van der Waals surface area contributed by atoms with Crippen molar-refractivity contribution in [2.24, 2.45) is 0 Å². The van der Waals surface area contributed by atoms with Crippen molar-refractivity contribution in [1.29, 1.82) is 0 Å². The Bertz CT molecular complexity index is 449. The van der Waals surface area contributed by atoms with Gasteiger partial charge in [-0.05, 0) is 25.6 Å². The molecule has 2 N–H and O–H groups in total. The molecule has 0 radical (unpaired) electrons. The standard InChI is InChI=1S/C13H18N4/c1-3-10(7-14-2)13-16-9-12(17-13)11-5-4-6-15-8-11/h4-6,8-10,14H,3,7H2,1-2H3,(H,16,17). The molecule has 17 heavy (non-hydrogen) atoms. The van der Waals surface area contributed by atoms with Crippen LogP contribution in [0, 0.1) is 0 Å². The second-order valence-corrected chi connectivity index (χ2v) is 4.09. The average molecular weight is 230 g/mol. The maximum atomic E-state index is 4.46. The van der Waals surface area contributed by atoms with E-state index in [1.54, 1.807) is 6.20 Å². The molecule has 0 amide bonds. The molecule has 1 atom stereocenters. The van der Waals surface area contributed by atoms with Crippen LogP contribution in [0.4, 0.5) is 0 Å². The van der Waals surface area contributed by atoms with Crippen molar-refractivity contribution in [2.45, 2.75) is 19.3 Å². The van der Waals surface area contributed by atoms with Crippen molar-refractivity contribution in [2.75, 3.05) is 13.6 Å². The lowest BCUT2D eigenvalue weighted by Crippen LogP contribution is -2.17. The van der Waals surface area contributed by atoms with Crippen LogP contribution in [0.15, 0.2) is 30.7 Å². The van der Waals surface area contributed by atoms with Crippen LogP contribution in [0.2, 0.25) is 0 Å². The summed E-state index contributed by atoms with van der Waals surface area (Å²) < 4.78 is 0. The van der Waals surface area contributed by atoms with Crippen LogP contribution >= 0.6 is 0 Å². The molecule has 0 aromatic carbocycles. The van der Waals surface area contributed by atoms with Gasteiger partial charge in [0.25, 0.3) is 0 Å². The molecule has 0 saturated heterocycles. The van der Waals surface area contributed by atoms with Crippen LogP contribution < -0.4 is 5.32 Å². The number of nitrogens with zero attached hydrogens (tertiary/aromatic N) is 2. The molecule has 2 rings (SSSR count). The lowest BCUT2D eigenvalue weighted by molar-refractivity contribution is 0.586. The minimum atomic E-state index is 0.436. The van der Waals surface area contributed by atoms with Crippen molar-refractivity contribution >= 4 is 0 Å². The van der Waals surface area contributed by atoms with E-state index < -0.39 is 0 Å². The highest BCUT2D eigenvalue weighted by molar-refractivity contribution is 5.56. The first-order chi connectivity index (χ1) is 8.35. The van der Waals surface area contributed by atoms with Crippen LogP contribution in [-0.2, 0) is 0 Å². The summed E-state index contributed by atoms with van der Waals surface area (Å²) in [6.45, 7) is 3.12. The fourth-order valence-electron chi connectivity index (χ4n) is 1.89. The number of rotatable bonds is 5. The van der Waals surface area contributed by atoms with E-state index in [0.29, 0.717) is 5.92 Å². The molecule has 90 valence electrons. The molecule has 0 fully saturated rings. The summed E-state index contributed by atoms with van der Waals surface area (Å²) in [4.78, 5) is 11.9. The molecule has 0 aliphatic heterocycles. The second-order valence-electron chi connectivity index (χ2n) is 4.09. The summed E-state index contributed by atoms with van der Waals surface area (Å²) in [5.74, 6) is 1.48. The number of nitrogens with one attached hydrogen (secondary N) is 2. The molecule has 1 unspecified atom stereocenters. The number of imidazole rings is 1. The molecule has 2 heterocycles. The fraction of sp³-hybridized carbons (Fsp3) is 0.385. The topological polar surface area (TPSA) is 53.6 Å². The first-order valence-corrected chi connectivity index (χ1v) is 5.95. The first kappa shape index (κ1) is 11.8. The van der Waals surface area contributed by atoms with Crippen molar-refractivity contribution in [3.8, 4) is 11.3 Å². The monoisotopic (exact) mass is 230 g/mol. The van der Waals surface area contributed by atoms with Gasteiger partial charge in [0.15, 0.2) is 0 Å². The van der Waals surface area contributed by atoms with E-state index in [0.717, 1.165) is 30.0 Å². The zero-order valence-electron chi connectivity index (χ0n) is 10.3. The zero-order chi connectivity index (χ0) is 12.1. The Hall–Kier alpha value is -1.68. The molecule has 4 nitrogen and oxygen atoms in total. The summed E-state index contributed by atoms with van der Waals surface area (Å²) in [6.07, 6.45) is 6.57. The molecule has 4 heteroatoms. The Balaban J connectivity index is 2.21. The van der Waals surface area contributed by atoms with Crippen molar-refractivity contribution in [3.63, 3.8) is 0 Å². The normalized spacial score (nSPS) is 12.6. The molecule has 2 aromatic heterocycles. The van der Waals surface area contributed by atoms with Gasteiger partial charge in [0.2, 0.25) is 0 Å². The van der Waals surface area contributed by atoms with Gasteiger partial charge in [-0.15, -0.1) is 0 Å². The Labute approximate surface area is 102 Å². The number of pyridine rings is 1. The summed E-state index contributed by atoms with van der Waals surface area (Å²) in [7, 11) is 1.97. The maximum absolute atomic E-state index is 4.46. The average Bonchev–Trinajstić information content (AvgIpc) is 2.86. The van der Waals surface area contributed by atoms with Crippen LogP contribution in [0.25, 0.3) is 11.3 Å². The van der Waals surface area contributed by atoms with Gasteiger partial charge in [-0.3, -0.25) is 4.98 Å². The van der Waals surface area contributed by atoms with Gasteiger partial charge in [0.05, 0.1) is 11.9 Å². The third kappa shape index (κ3) is 2.71. The number of hydrogen-bond acceptors (Lipinski definition) is 3. The molecular formula is C13H18N4. The van der Waals surface area contributed by atoms with Crippen molar-refractivity contribution in [3.05, 3.63) is 36.5 Å². The summed E-state index contributed by atoms with van der Waals surface area (Å²) in [5.41, 5.74) is 2.10. The highest BCUT2D eigenvalue weighted by Gasteiger charge is 2.12. The van der Waals surface area contributed by atoms with Crippen molar-refractivity contribution < 1.29 is 0 Å². The van der Waals surface area contributed by atoms with Crippen LogP contribution in [0.5, 0.6) is 0 Å². The number of likely N-dealkylation sites (N-methyl/N-ethyl adjacent to an activating group) is 1. The predicted molar refractivity (Wildman–Crippen MR) is 68.8 cm³/mol. The number of aromatic nitrogens is 3. The quantitative estimate of drug-likeness (QED) is 0.827. The van der Waals surface area contributed by atoms with E-state index in [2.05, 4.69) is 27.2 Å².